The molecule has 0 aliphatic carbocycles. The number of nitrogens with zero attached hydrogens (tertiary/aromatic N) is 2. The average Bonchev–Trinajstić information content (AvgIpc) is 2.72. The van der Waals surface area contributed by atoms with Crippen LogP contribution < -0.4 is 5.73 Å². The van der Waals surface area contributed by atoms with E-state index in [0.717, 1.165) is 21.4 Å². The van der Waals surface area contributed by atoms with E-state index in [1.165, 1.54) is 4.31 Å². The van der Waals surface area contributed by atoms with Crippen molar-refractivity contribution in [1.29, 1.82) is 0 Å². The predicted molar refractivity (Wildman–Crippen MR) is 84.1 cm³/mol. The Morgan fingerprint density at radius 2 is 1.95 bits per heavy atom. The van der Waals surface area contributed by atoms with Crippen molar-refractivity contribution in [2.75, 3.05) is 12.8 Å². The van der Waals surface area contributed by atoms with Crippen molar-refractivity contribution in [2.24, 2.45) is 0 Å². The number of sulfonamides is 1. The van der Waals surface area contributed by atoms with Gasteiger partial charge in [-0.15, -0.1) is 0 Å². The van der Waals surface area contributed by atoms with Crippen LogP contribution in [0, 0.1) is 6.92 Å². The van der Waals surface area contributed by atoms with Crippen molar-refractivity contribution in [1.82, 2.24) is 9.29 Å². The van der Waals surface area contributed by atoms with Crippen molar-refractivity contribution < 1.29 is 8.42 Å². The lowest BCUT2D eigenvalue weighted by molar-refractivity contribution is 0.468. The molecular formula is C12H14BrN3O2S2. The number of thiazole rings is 1. The molecule has 2 aromatic rings. The second-order valence-corrected chi connectivity index (χ2v) is 8.50. The first-order valence-electron chi connectivity index (χ1n) is 5.74. The minimum absolute atomic E-state index is 0.203. The minimum atomic E-state index is -3.56. The summed E-state index contributed by atoms with van der Waals surface area (Å²) >= 11 is 4.34. The molecule has 2 N–H and O–H groups in total. The molecule has 20 heavy (non-hydrogen) atoms. The molecule has 108 valence electrons. The van der Waals surface area contributed by atoms with Gasteiger partial charge in [-0.2, -0.15) is 4.31 Å². The Hall–Kier alpha value is -0.960. The summed E-state index contributed by atoms with van der Waals surface area (Å²) in [6.45, 7) is 1.94. The van der Waals surface area contributed by atoms with Crippen LogP contribution in [-0.2, 0) is 16.6 Å². The number of nitrogen functional groups attached to an aromatic ring is 1. The molecule has 0 atom stereocenters. The molecule has 5 nitrogen and oxygen atoms in total. The molecule has 0 unspecified atom stereocenters. The number of aromatic nitrogens is 1. The molecule has 0 fully saturated rings. The number of aryl methyl sites for hydroxylation is 1. The molecule has 0 saturated carbocycles. The van der Waals surface area contributed by atoms with Gasteiger partial charge < -0.3 is 5.73 Å². The standard InChI is InChI=1S/C12H14BrN3O2S2/c1-8-11(19-12(14)15-8)20(17,18)16(2)7-9-3-5-10(13)6-4-9/h3-6H,7H2,1-2H3,(H2,14,15). The first-order valence-corrected chi connectivity index (χ1v) is 8.79. The maximum absolute atomic E-state index is 12.5. The highest BCUT2D eigenvalue weighted by Crippen LogP contribution is 2.28. The van der Waals surface area contributed by atoms with Gasteiger partial charge >= 0.3 is 0 Å². The van der Waals surface area contributed by atoms with Gasteiger partial charge in [0, 0.05) is 18.1 Å². The van der Waals surface area contributed by atoms with E-state index in [1.54, 1.807) is 14.0 Å². The molecule has 1 heterocycles. The average molecular weight is 376 g/mol. The van der Waals surface area contributed by atoms with Gasteiger partial charge in [-0.3, -0.25) is 0 Å². The molecule has 1 aromatic heterocycles. The quantitative estimate of drug-likeness (QED) is 0.890. The van der Waals surface area contributed by atoms with Gasteiger partial charge in [0.05, 0.1) is 5.69 Å². The topological polar surface area (TPSA) is 76.3 Å². The summed E-state index contributed by atoms with van der Waals surface area (Å²) in [5, 5.41) is 0.262. The Labute approximate surface area is 130 Å². The van der Waals surface area contributed by atoms with Gasteiger partial charge in [-0.25, -0.2) is 13.4 Å². The lowest BCUT2D eigenvalue weighted by Gasteiger charge is -2.16. The van der Waals surface area contributed by atoms with E-state index in [2.05, 4.69) is 20.9 Å². The fourth-order valence-electron chi connectivity index (χ4n) is 1.72. The SMILES string of the molecule is Cc1nc(N)sc1S(=O)(=O)N(C)Cc1ccc(Br)cc1. The fourth-order valence-corrected chi connectivity index (χ4v) is 4.63. The lowest BCUT2D eigenvalue weighted by Crippen LogP contribution is -2.26. The van der Waals surface area contributed by atoms with E-state index >= 15 is 0 Å². The molecule has 2 rings (SSSR count). The number of hydrogen-bond donors (Lipinski definition) is 1. The normalized spacial score (nSPS) is 12.0. The number of anilines is 1. The minimum Gasteiger partial charge on any atom is -0.375 e. The maximum atomic E-state index is 12.5. The van der Waals surface area contributed by atoms with Gasteiger partial charge in [-0.05, 0) is 24.6 Å². The molecule has 0 bridgehead atoms. The number of halogens is 1. The second-order valence-electron chi connectivity index (χ2n) is 4.31. The van der Waals surface area contributed by atoms with E-state index in [9.17, 15) is 8.42 Å². The first kappa shape index (κ1) is 15.4. The molecule has 0 aliphatic heterocycles. The van der Waals surface area contributed by atoms with Crippen LogP contribution >= 0.6 is 27.3 Å². The van der Waals surface area contributed by atoms with E-state index < -0.39 is 10.0 Å². The highest BCUT2D eigenvalue weighted by Gasteiger charge is 2.26. The number of benzene rings is 1. The molecular weight excluding hydrogens is 362 g/mol. The van der Waals surface area contributed by atoms with Crippen molar-refractivity contribution >= 4 is 42.4 Å². The summed E-state index contributed by atoms with van der Waals surface area (Å²) in [5.41, 5.74) is 6.92. The number of hydrogen-bond acceptors (Lipinski definition) is 5. The van der Waals surface area contributed by atoms with Crippen LogP contribution in [0.15, 0.2) is 32.9 Å². The molecule has 8 heteroatoms. The van der Waals surface area contributed by atoms with E-state index in [-0.39, 0.29) is 9.34 Å². The Bertz CT molecular complexity index is 711. The number of nitrogens with two attached hydrogens (primary N) is 1. The van der Waals surface area contributed by atoms with Crippen LogP contribution in [0.4, 0.5) is 5.13 Å². The molecule has 0 aliphatic rings. The summed E-state index contributed by atoms with van der Waals surface area (Å²) < 4.78 is 27.4. The largest absolute Gasteiger partial charge is 0.375 e. The van der Waals surface area contributed by atoms with Gasteiger partial charge in [0.2, 0.25) is 0 Å². The third kappa shape index (κ3) is 3.20. The van der Waals surface area contributed by atoms with Gasteiger partial charge in [0.1, 0.15) is 0 Å². The Kier molecular flexibility index (Phi) is 4.48. The summed E-state index contributed by atoms with van der Waals surface area (Å²) in [6.07, 6.45) is 0. The van der Waals surface area contributed by atoms with Gasteiger partial charge in [-0.1, -0.05) is 39.4 Å². The van der Waals surface area contributed by atoms with Gasteiger partial charge in [0.25, 0.3) is 10.0 Å². The van der Waals surface area contributed by atoms with Crippen LogP contribution in [0.1, 0.15) is 11.3 Å². The molecule has 0 amide bonds. The Morgan fingerprint density at radius 3 is 2.45 bits per heavy atom. The highest BCUT2D eigenvalue weighted by molar-refractivity contribution is 9.10. The lowest BCUT2D eigenvalue weighted by atomic mass is 10.2. The van der Waals surface area contributed by atoms with Crippen LogP contribution in [0.2, 0.25) is 0 Å². The van der Waals surface area contributed by atoms with Crippen molar-refractivity contribution in [3.63, 3.8) is 0 Å². The smallest absolute Gasteiger partial charge is 0.254 e. The zero-order valence-electron chi connectivity index (χ0n) is 11.0. The molecule has 0 spiro atoms. The Morgan fingerprint density at radius 1 is 1.35 bits per heavy atom. The molecule has 0 radical (unpaired) electrons. The van der Waals surface area contributed by atoms with Crippen LogP contribution in [-0.4, -0.2) is 24.8 Å². The maximum Gasteiger partial charge on any atom is 0.254 e. The van der Waals surface area contributed by atoms with Crippen molar-refractivity contribution in [3.8, 4) is 0 Å². The summed E-state index contributed by atoms with van der Waals surface area (Å²) in [7, 11) is -2.01. The van der Waals surface area contributed by atoms with E-state index in [4.69, 9.17) is 5.73 Å². The molecule has 0 saturated heterocycles. The molecule has 1 aromatic carbocycles. The van der Waals surface area contributed by atoms with E-state index in [0.29, 0.717) is 12.2 Å². The van der Waals surface area contributed by atoms with Gasteiger partial charge in [0.15, 0.2) is 9.34 Å². The first-order chi connectivity index (χ1) is 9.30. The van der Waals surface area contributed by atoms with Crippen LogP contribution in [0.3, 0.4) is 0 Å². The third-order valence-corrected chi connectivity index (χ3v) is 6.64. The zero-order chi connectivity index (χ0) is 14.9. The Balaban J connectivity index is 2.25. The second kappa shape index (κ2) is 5.80. The zero-order valence-corrected chi connectivity index (χ0v) is 14.2. The summed E-state index contributed by atoms with van der Waals surface area (Å²) in [6, 6.07) is 7.52. The number of rotatable bonds is 4. The summed E-state index contributed by atoms with van der Waals surface area (Å²) in [4.78, 5) is 3.96. The fraction of sp³-hybridized carbons (Fsp3) is 0.250. The monoisotopic (exact) mass is 375 g/mol. The van der Waals surface area contributed by atoms with E-state index in [1.807, 2.05) is 24.3 Å². The third-order valence-electron chi connectivity index (χ3n) is 2.73. The predicted octanol–water partition coefficient (Wildman–Crippen LogP) is 2.62. The van der Waals surface area contributed by atoms with Crippen LogP contribution in [0.25, 0.3) is 0 Å². The van der Waals surface area contributed by atoms with Crippen molar-refractivity contribution in [2.45, 2.75) is 17.7 Å². The van der Waals surface area contributed by atoms with Crippen molar-refractivity contribution in [3.05, 3.63) is 40.0 Å². The summed E-state index contributed by atoms with van der Waals surface area (Å²) in [5.74, 6) is 0. The highest BCUT2D eigenvalue weighted by atomic mass is 79.9. The van der Waals surface area contributed by atoms with Crippen LogP contribution in [0.5, 0.6) is 0 Å².